The summed E-state index contributed by atoms with van der Waals surface area (Å²) in [6.45, 7) is 1.53. The third-order valence-corrected chi connectivity index (χ3v) is 5.43. The number of aryl methyl sites for hydroxylation is 1. The fourth-order valence-electron chi connectivity index (χ4n) is 2.11. The van der Waals surface area contributed by atoms with Gasteiger partial charge in [0.1, 0.15) is 16.2 Å². The molecular weight excluding hydrogens is 394 g/mol. The van der Waals surface area contributed by atoms with Gasteiger partial charge >= 0.3 is 5.97 Å². The Morgan fingerprint density at radius 3 is 2.96 bits per heavy atom. The molecule has 1 amide bonds. The topological polar surface area (TPSA) is 81.2 Å². The second-order valence-electron chi connectivity index (χ2n) is 5.30. The summed E-state index contributed by atoms with van der Waals surface area (Å²) in [5, 5.41) is 6.58. The van der Waals surface area contributed by atoms with Crippen molar-refractivity contribution < 1.29 is 14.3 Å². The molecule has 2 aromatic heterocycles. The van der Waals surface area contributed by atoms with Gasteiger partial charge in [-0.15, -0.1) is 11.3 Å². The summed E-state index contributed by atoms with van der Waals surface area (Å²) in [6.07, 6.45) is 1.46. The molecule has 26 heavy (non-hydrogen) atoms. The van der Waals surface area contributed by atoms with Crippen molar-refractivity contribution in [2.24, 2.45) is 0 Å². The van der Waals surface area contributed by atoms with Crippen LogP contribution in [0.1, 0.15) is 5.56 Å². The van der Waals surface area contributed by atoms with Crippen LogP contribution in [0, 0.1) is 6.92 Å². The van der Waals surface area contributed by atoms with Crippen LogP contribution in [-0.2, 0) is 14.3 Å². The van der Waals surface area contributed by atoms with E-state index in [1.54, 1.807) is 12.1 Å². The van der Waals surface area contributed by atoms with Crippen molar-refractivity contribution in [1.29, 1.82) is 0 Å². The Morgan fingerprint density at radius 2 is 2.15 bits per heavy atom. The summed E-state index contributed by atoms with van der Waals surface area (Å²) in [6, 6.07) is 7.19. The highest BCUT2D eigenvalue weighted by molar-refractivity contribution is 8.00. The van der Waals surface area contributed by atoms with Crippen LogP contribution in [0.25, 0.3) is 10.2 Å². The number of anilines is 1. The quantitative estimate of drug-likeness (QED) is 0.379. The fraction of sp³-hybridized carbons (Fsp3) is 0.176. The molecule has 1 N–H and O–H groups in total. The van der Waals surface area contributed by atoms with Gasteiger partial charge in [-0.3, -0.25) is 9.59 Å². The number of thioether (sulfide) groups is 1. The molecule has 134 valence electrons. The van der Waals surface area contributed by atoms with Gasteiger partial charge < -0.3 is 10.1 Å². The molecule has 6 nitrogen and oxygen atoms in total. The molecule has 0 aliphatic carbocycles. The van der Waals surface area contributed by atoms with Gasteiger partial charge in [-0.05, 0) is 36.1 Å². The molecule has 0 atom stereocenters. The van der Waals surface area contributed by atoms with E-state index in [0.717, 1.165) is 15.8 Å². The molecule has 0 unspecified atom stereocenters. The van der Waals surface area contributed by atoms with E-state index in [0.29, 0.717) is 15.7 Å². The van der Waals surface area contributed by atoms with E-state index in [1.807, 2.05) is 24.4 Å². The number of esters is 1. The summed E-state index contributed by atoms with van der Waals surface area (Å²) >= 11 is 8.81. The van der Waals surface area contributed by atoms with Crippen LogP contribution in [0.2, 0.25) is 5.02 Å². The maximum absolute atomic E-state index is 11.9. The molecule has 0 fully saturated rings. The van der Waals surface area contributed by atoms with E-state index in [4.69, 9.17) is 16.3 Å². The first-order chi connectivity index (χ1) is 12.5. The highest BCUT2D eigenvalue weighted by Crippen LogP contribution is 2.27. The van der Waals surface area contributed by atoms with Crippen molar-refractivity contribution in [1.82, 2.24) is 9.97 Å². The number of fused-ring (bicyclic) bond motifs is 1. The van der Waals surface area contributed by atoms with Gasteiger partial charge in [0.2, 0.25) is 0 Å². The lowest BCUT2D eigenvalue weighted by Gasteiger charge is -2.08. The smallest absolute Gasteiger partial charge is 0.316 e. The Hall–Kier alpha value is -2.16. The van der Waals surface area contributed by atoms with Crippen LogP contribution in [0.3, 0.4) is 0 Å². The van der Waals surface area contributed by atoms with E-state index in [-0.39, 0.29) is 12.4 Å². The highest BCUT2D eigenvalue weighted by Gasteiger charge is 2.12. The van der Waals surface area contributed by atoms with E-state index >= 15 is 0 Å². The first-order valence-electron chi connectivity index (χ1n) is 7.55. The number of thiophene rings is 1. The first-order valence-corrected chi connectivity index (χ1v) is 9.80. The van der Waals surface area contributed by atoms with E-state index in [1.165, 1.54) is 29.4 Å². The monoisotopic (exact) mass is 407 g/mol. The number of carbonyl (C=O) groups is 2. The summed E-state index contributed by atoms with van der Waals surface area (Å²) in [7, 11) is 0. The molecule has 0 spiro atoms. The van der Waals surface area contributed by atoms with Gasteiger partial charge in [0, 0.05) is 5.39 Å². The van der Waals surface area contributed by atoms with Crippen LogP contribution in [0.15, 0.2) is 41.0 Å². The number of amides is 1. The van der Waals surface area contributed by atoms with E-state index in [9.17, 15) is 9.59 Å². The molecule has 0 bridgehead atoms. The second kappa shape index (κ2) is 8.48. The zero-order valence-electron chi connectivity index (χ0n) is 13.7. The molecule has 2 heterocycles. The fourth-order valence-corrected chi connectivity index (χ4v) is 3.96. The summed E-state index contributed by atoms with van der Waals surface area (Å²) in [5.74, 6) is -0.890. The Labute approximate surface area is 162 Å². The van der Waals surface area contributed by atoms with Crippen LogP contribution in [0.4, 0.5) is 5.69 Å². The molecule has 0 saturated carbocycles. The van der Waals surface area contributed by atoms with Gasteiger partial charge in [-0.2, -0.15) is 0 Å². The Morgan fingerprint density at radius 1 is 1.31 bits per heavy atom. The van der Waals surface area contributed by atoms with Crippen molar-refractivity contribution in [3.8, 4) is 0 Å². The number of halogens is 1. The SMILES string of the molecule is Cc1ccc(NC(=O)COC(=O)CSc2ncnc3sccc23)c(Cl)c1. The molecular formula is C17H14ClN3O3S2. The van der Waals surface area contributed by atoms with Gasteiger partial charge in [0.25, 0.3) is 5.91 Å². The summed E-state index contributed by atoms with van der Waals surface area (Å²) in [5.41, 5.74) is 1.47. The molecule has 9 heteroatoms. The zero-order chi connectivity index (χ0) is 18.5. The average Bonchev–Trinajstić information content (AvgIpc) is 3.10. The lowest BCUT2D eigenvalue weighted by atomic mass is 10.2. The molecule has 0 radical (unpaired) electrons. The minimum Gasteiger partial charge on any atom is -0.455 e. The van der Waals surface area contributed by atoms with Crippen molar-refractivity contribution in [3.05, 3.63) is 46.6 Å². The maximum atomic E-state index is 11.9. The van der Waals surface area contributed by atoms with Gasteiger partial charge in [0.15, 0.2) is 6.61 Å². The third-order valence-electron chi connectivity index (χ3n) is 3.31. The molecule has 0 aliphatic rings. The number of benzene rings is 1. The number of hydrogen-bond donors (Lipinski definition) is 1. The minimum atomic E-state index is -0.498. The maximum Gasteiger partial charge on any atom is 0.316 e. The highest BCUT2D eigenvalue weighted by atomic mass is 35.5. The third kappa shape index (κ3) is 4.72. The van der Waals surface area contributed by atoms with Crippen molar-refractivity contribution in [2.45, 2.75) is 11.9 Å². The van der Waals surface area contributed by atoms with Crippen LogP contribution < -0.4 is 5.32 Å². The van der Waals surface area contributed by atoms with Crippen molar-refractivity contribution >= 4 is 62.5 Å². The number of carbonyl (C=O) groups excluding carboxylic acids is 2. The minimum absolute atomic E-state index is 0.0561. The molecule has 1 aromatic carbocycles. The predicted molar refractivity (Wildman–Crippen MR) is 104 cm³/mol. The van der Waals surface area contributed by atoms with Gasteiger partial charge in [0.05, 0.1) is 16.5 Å². The Balaban J connectivity index is 1.48. The second-order valence-corrected chi connectivity index (χ2v) is 7.56. The molecule has 0 aliphatic heterocycles. The number of nitrogens with one attached hydrogen (secondary N) is 1. The first kappa shape index (κ1) is 18.6. The number of rotatable bonds is 6. The van der Waals surface area contributed by atoms with Gasteiger partial charge in [-0.1, -0.05) is 29.4 Å². The summed E-state index contributed by atoms with van der Waals surface area (Å²) in [4.78, 5) is 33.0. The van der Waals surface area contributed by atoms with Crippen LogP contribution in [0.5, 0.6) is 0 Å². The number of aromatic nitrogens is 2. The Bertz CT molecular complexity index is 961. The lowest BCUT2D eigenvalue weighted by molar-refractivity contribution is -0.144. The number of ether oxygens (including phenoxy) is 1. The van der Waals surface area contributed by atoms with Gasteiger partial charge in [-0.25, -0.2) is 9.97 Å². The Kier molecular flexibility index (Phi) is 6.08. The van der Waals surface area contributed by atoms with Crippen LogP contribution in [-0.4, -0.2) is 34.2 Å². The largest absolute Gasteiger partial charge is 0.455 e. The average molecular weight is 408 g/mol. The molecule has 0 saturated heterocycles. The van der Waals surface area contributed by atoms with Crippen molar-refractivity contribution in [3.63, 3.8) is 0 Å². The van der Waals surface area contributed by atoms with Crippen molar-refractivity contribution in [2.75, 3.05) is 17.7 Å². The lowest BCUT2D eigenvalue weighted by Crippen LogP contribution is -2.21. The molecule has 3 aromatic rings. The summed E-state index contributed by atoms with van der Waals surface area (Å²) < 4.78 is 5.00. The molecule has 3 rings (SSSR count). The standard InChI is InChI=1S/C17H14ClN3O3S2/c1-10-2-3-13(12(18)6-10)21-14(22)7-24-15(23)8-26-17-11-4-5-25-16(11)19-9-20-17/h2-6,9H,7-8H2,1H3,(H,21,22). The van der Waals surface area contributed by atoms with E-state index < -0.39 is 11.9 Å². The number of hydrogen-bond acceptors (Lipinski definition) is 7. The predicted octanol–water partition coefficient (Wildman–Crippen LogP) is 3.93. The van der Waals surface area contributed by atoms with E-state index in [2.05, 4.69) is 15.3 Å². The number of nitrogens with zero attached hydrogens (tertiary/aromatic N) is 2. The zero-order valence-corrected chi connectivity index (χ0v) is 16.1. The van der Waals surface area contributed by atoms with Crippen LogP contribution >= 0.6 is 34.7 Å². The normalized spacial score (nSPS) is 10.7.